The van der Waals surface area contributed by atoms with Crippen LogP contribution in [0.15, 0.2) is 54.7 Å². The molecule has 0 spiro atoms. The molecule has 0 atom stereocenters. The molecule has 0 aliphatic rings. The first-order valence-electron chi connectivity index (χ1n) is 5.97. The quantitative estimate of drug-likeness (QED) is 0.758. The van der Waals surface area contributed by atoms with Crippen molar-refractivity contribution in [2.24, 2.45) is 0 Å². The lowest BCUT2D eigenvalue weighted by Crippen LogP contribution is -1.96. The summed E-state index contributed by atoms with van der Waals surface area (Å²) in [4.78, 5) is 0. The fourth-order valence-corrected chi connectivity index (χ4v) is 2.32. The van der Waals surface area contributed by atoms with Crippen LogP contribution in [0.5, 0.6) is 0 Å². The zero-order chi connectivity index (χ0) is 13.9. The highest BCUT2D eigenvalue weighted by Gasteiger charge is 2.03. The van der Waals surface area contributed by atoms with E-state index in [0.29, 0.717) is 15.9 Å². The van der Waals surface area contributed by atoms with Crippen LogP contribution in [0.1, 0.15) is 0 Å². The van der Waals surface area contributed by atoms with Crippen molar-refractivity contribution in [1.29, 1.82) is 0 Å². The summed E-state index contributed by atoms with van der Waals surface area (Å²) in [6, 6.07) is 18.0. The molecule has 0 fully saturated rings. The lowest BCUT2D eigenvalue weighted by Gasteiger charge is -2.04. The molecule has 0 aliphatic carbocycles. The molecule has 3 nitrogen and oxygen atoms in total. The Hall–Kier alpha value is -1.97. The molecule has 0 unspecified atom stereocenters. The number of anilines is 2. The minimum absolute atomic E-state index is 0.461. The molecular weight excluding hydrogens is 293 g/mol. The van der Waals surface area contributed by atoms with Crippen LogP contribution in [0.4, 0.5) is 11.5 Å². The SMILES string of the molecule is Clc1[c]c(Cl)cc(Nc2ccn(-c3ccccc3)n2)c1. The average Bonchev–Trinajstić information content (AvgIpc) is 2.87. The van der Waals surface area contributed by atoms with Gasteiger partial charge in [-0.25, -0.2) is 4.68 Å². The standard InChI is InChI=1S/C15H10Cl2N3/c16-11-8-12(17)10-13(9-11)18-15-6-7-20(19-15)14-4-2-1-3-5-14/h1-7,9-10H,(H,18,19). The average molecular weight is 303 g/mol. The number of hydrogen-bond acceptors (Lipinski definition) is 2. The van der Waals surface area contributed by atoms with Crippen molar-refractivity contribution < 1.29 is 0 Å². The number of rotatable bonds is 3. The predicted octanol–water partition coefficient (Wildman–Crippen LogP) is 4.72. The zero-order valence-electron chi connectivity index (χ0n) is 10.3. The molecule has 0 saturated heterocycles. The Labute approximate surface area is 126 Å². The van der Waals surface area contributed by atoms with Crippen molar-refractivity contribution in [2.45, 2.75) is 0 Å². The molecule has 3 rings (SSSR count). The molecule has 0 saturated carbocycles. The van der Waals surface area contributed by atoms with Gasteiger partial charge in [0.2, 0.25) is 0 Å². The van der Waals surface area contributed by atoms with Crippen LogP contribution in [0.25, 0.3) is 5.69 Å². The second-order valence-electron chi connectivity index (χ2n) is 4.17. The maximum absolute atomic E-state index is 5.91. The number of halogens is 2. The summed E-state index contributed by atoms with van der Waals surface area (Å²) in [6.07, 6.45) is 1.88. The van der Waals surface area contributed by atoms with Crippen LogP contribution in [0, 0.1) is 6.07 Å². The fraction of sp³-hybridized carbons (Fsp3) is 0. The summed E-state index contributed by atoms with van der Waals surface area (Å²) in [5.41, 5.74) is 1.77. The van der Waals surface area contributed by atoms with Gasteiger partial charge in [0.25, 0.3) is 0 Å². The van der Waals surface area contributed by atoms with Crippen LogP contribution in [0.2, 0.25) is 10.0 Å². The van der Waals surface area contributed by atoms with Crippen molar-refractivity contribution in [3.05, 3.63) is 70.8 Å². The molecule has 0 amide bonds. The molecule has 0 aliphatic heterocycles. The van der Waals surface area contributed by atoms with E-state index >= 15 is 0 Å². The first-order valence-corrected chi connectivity index (χ1v) is 6.73. The van der Waals surface area contributed by atoms with Gasteiger partial charge in [0.15, 0.2) is 5.82 Å². The summed E-state index contributed by atoms with van der Waals surface area (Å²) >= 11 is 11.8. The number of nitrogens with zero attached hydrogens (tertiary/aromatic N) is 2. The van der Waals surface area contributed by atoms with E-state index < -0.39 is 0 Å². The van der Waals surface area contributed by atoms with E-state index in [1.807, 2.05) is 42.6 Å². The number of nitrogens with one attached hydrogen (secondary N) is 1. The lowest BCUT2D eigenvalue weighted by molar-refractivity contribution is 0.884. The summed E-state index contributed by atoms with van der Waals surface area (Å²) in [6.45, 7) is 0. The molecule has 20 heavy (non-hydrogen) atoms. The number of benzene rings is 2. The van der Waals surface area contributed by atoms with Gasteiger partial charge in [-0.15, -0.1) is 0 Å². The Bertz CT molecular complexity index is 703. The van der Waals surface area contributed by atoms with Gasteiger partial charge in [0.05, 0.1) is 15.7 Å². The van der Waals surface area contributed by atoms with E-state index in [1.165, 1.54) is 0 Å². The van der Waals surface area contributed by atoms with Crippen LogP contribution in [-0.2, 0) is 0 Å². The van der Waals surface area contributed by atoms with Crippen LogP contribution in [-0.4, -0.2) is 9.78 Å². The maximum atomic E-state index is 5.91. The third-order valence-electron chi connectivity index (χ3n) is 2.69. The smallest absolute Gasteiger partial charge is 0.152 e. The van der Waals surface area contributed by atoms with E-state index in [-0.39, 0.29) is 0 Å². The van der Waals surface area contributed by atoms with E-state index in [2.05, 4.69) is 16.5 Å². The minimum atomic E-state index is 0.461. The second-order valence-corrected chi connectivity index (χ2v) is 4.99. The number of hydrogen-bond donors (Lipinski definition) is 1. The van der Waals surface area contributed by atoms with Gasteiger partial charge >= 0.3 is 0 Å². The highest BCUT2D eigenvalue weighted by molar-refractivity contribution is 6.34. The summed E-state index contributed by atoms with van der Waals surface area (Å²) < 4.78 is 1.79. The monoisotopic (exact) mass is 302 g/mol. The first kappa shape index (κ1) is 13.0. The van der Waals surface area contributed by atoms with E-state index in [4.69, 9.17) is 23.2 Å². The molecule has 3 aromatic rings. The fourth-order valence-electron chi connectivity index (χ4n) is 1.84. The van der Waals surface area contributed by atoms with Crippen molar-refractivity contribution in [3.63, 3.8) is 0 Å². The van der Waals surface area contributed by atoms with Gasteiger partial charge in [0.1, 0.15) is 0 Å². The highest BCUT2D eigenvalue weighted by atomic mass is 35.5. The Balaban J connectivity index is 1.84. The summed E-state index contributed by atoms with van der Waals surface area (Å²) in [5, 5.41) is 8.52. The molecule has 5 heteroatoms. The predicted molar refractivity (Wildman–Crippen MR) is 82.1 cm³/mol. The molecule has 2 aromatic carbocycles. The van der Waals surface area contributed by atoms with Crippen molar-refractivity contribution in [2.75, 3.05) is 5.32 Å². The molecule has 1 N–H and O–H groups in total. The first-order chi connectivity index (χ1) is 9.70. The van der Waals surface area contributed by atoms with Crippen molar-refractivity contribution in [3.8, 4) is 5.69 Å². The van der Waals surface area contributed by atoms with Crippen molar-refractivity contribution in [1.82, 2.24) is 9.78 Å². The van der Waals surface area contributed by atoms with E-state index in [0.717, 1.165) is 11.4 Å². The molecule has 1 aromatic heterocycles. The van der Waals surface area contributed by atoms with Gasteiger partial charge in [-0.3, -0.25) is 0 Å². The number of aromatic nitrogens is 2. The largest absolute Gasteiger partial charge is 0.339 e. The van der Waals surface area contributed by atoms with E-state index in [9.17, 15) is 0 Å². The van der Waals surface area contributed by atoms with Crippen molar-refractivity contribution >= 4 is 34.7 Å². The Kier molecular flexibility index (Phi) is 3.63. The van der Waals surface area contributed by atoms with E-state index in [1.54, 1.807) is 16.8 Å². The molecule has 1 heterocycles. The minimum Gasteiger partial charge on any atom is -0.339 e. The lowest BCUT2D eigenvalue weighted by atomic mass is 10.3. The van der Waals surface area contributed by atoms with Gasteiger partial charge < -0.3 is 5.32 Å². The van der Waals surface area contributed by atoms with Crippen LogP contribution < -0.4 is 5.32 Å². The Morgan fingerprint density at radius 1 is 1.00 bits per heavy atom. The zero-order valence-corrected chi connectivity index (χ0v) is 11.9. The third kappa shape index (κ3) is 2.95. The summed E-state index contributed by atoms with van der Waals surface area (Å²) in [7, 11) is 0. The van der Waals surface area contributed by atoms with Gasteiger partial charge in [-0.2, -0.15) is 5.10 Å². The molecular formula is C15H10Cl2N3. The third-order valence-corrected chi connectivity index (χ3v) is 3.09. The number of para-hydroxylation sites is 1. The van der Waals surface area contributed by atoms with Gasteiger partial charge in [-0.1, -0.05) is 41.4 Å². The Morgan fingerprint density at radius 2 is 1.70 bits per heavy atom. The van der Waals surface area contributed by atoms with Crippen LogP contribution in [0.3, 0.4) is 0 Å². The normalized spacial score (nSPS) is 10.5. The van der Waals surface area contributed by atoms with Gasteiger partial charge in [-0.05, 0) is 24.3 Å². The maximum Gasteiger partial charge on any atom is 0.152 e. The summed E-state index contributed by atoms with van der Waals surface area (Å²) in [5.74, 6) is 0.715. The second kappa shape index (κ2) is 5.57. The Morgan fingerprint density at radius 3 is 2.40 bits per heavy atom. The van der Waals surface area contributed by atoms with Crippen LogP contribution >= 0.6 is 23.2 Å². The molecule has 0 bridgehead atoms. The highest BCUT2D eigenvalue weighted by Crippen LogP contribution is 2.24. The molecule has 1 radical (unpaired) electrons. The topological polar surface area (TPSA) is 29.9 Å². The van der Waals surface area contributed by atoms with Gasteiger partial charge in [0, 0.05) is 24.0 Å². The molecule has 99 valence electrons.